The van der Waals surface area contributed by atoms with Gasteiger partial charge in [0, 0.05) is 5.56 Å². The third kappa shape index (κ3) is 2.77. The lowest BCUT2D eigenvalue weighted by Crippen LogP contribution is -2.14. The molecule has 2 N–H and O–H groups in total. The first-order valence-electron chi connectivity index (χ1n) is 6.11. The van der Waals surface area contributed by atoms with Crippen molar-refractivity contribution in [2.24, 2.45) is 5.73 Å². The van der Waals surface area contributed by atoms with Gasteiger partial charge < -0.3 is 5.73 Å². The third-order valence-corrected chi connectivity index (χ3v) is 3.18. The van der Waals surface area contributed by atoms with Gasteiger partial charge in [0.15, 0.2) is 0 Å². The number of rotatable bonds is 4. The van der Waals surface area contributed by atoms with E-state index in [4.69, 9.17) is 5.73 Å². The van der Waals surface area contributed by atoms with Crippen LogP contribution in [0.25, 0.3) is 0 Å². The lowest BCUT2D eigenvalue weighted by molar-refractivity contribution is 0.0999. The number of benzene rings is 2. The van der Waals surface area contributed by atoms with Gasteiger partial charge in [-0.2, -0.15) is 0 Å². The normalized spacial score (nSPS) is 12.1. The topological polar surface area (TPSA) is 43.1 Å². The van der Waals surface area contributed by atoms with E-state index in [2.05, 4.69) is 19.1 Å². The van der Waals surface area contributed by atoms with Gasteiger partial charge in [-0.05, 0) is 29.5 Å². The van der Waals surface area contributed by atoms with Gasteiger partial charge in [-0.3, -0.25) is 4.79 Å². The number of amides is 1. The summed E-state index contributed by atoms with van der Waals surface area (Å²) < 4.78 is 0. The zero-order valence-corrected chi connectivity index (χ0v) is 10.5. The molecule has 1 atom stereocenters. The van der Waals surface area contributed by atoms with Crippen molar-refractivity contribution in [3.63, 3.8) is 0 Å². The Morgan fingerprint density at radius 3 is 2.33 bits per heavy atom. The van der Waals surface area contributed by atoms with Crippen molar-refractivity contribution in [3.05, 3.63) is 71.3 Å². The fraction of sp³-hybridized carbons (Fsp3) is 0.188. The van der Waals surface area contributed by atoms with Gasteiger partial charge in [0.05, 0.1) is 0 Å². The first-order valence-corrected chi connectivity index (χ1v) is 6.11. The highest BCUT2D eigenvalue weighted by atomic mass is 16.1. The van der Waals surface area contributed by atoms with Crippen molar-refractivity contribution in [2.75, 3.05) is 0 Å². The summed E-state index contributed by atoms with van der Waals surface area (Å²) in [5, 5.41) is 0. The molecule has 0 spiro atoms. The van der Waals surface area contributed by atoms with Crippen molar-refractivity contribution in [3.8, 4) is 0 Å². The molecular weight excluding hydrogens is 222 g/mol. The maximum absolute atomic E-state index is 11.4. The molecule has 2 rings (SSSR count). The van der Waals surface area contributed by atoms with Crippen molar-refractivity contribution in [1.29, 1.82) is 0 Å². The minimum atomic E-state index is -0.356. The molecule has 0 bridgehead atoms. The molecule has 92 valence electrons. The predicted octanol–water partition coefficient (Wildman–Crippen LogP) is 3.13. The van der Waals surface area contributed by atoms with Crippen LogP contribution in [0.2, 0.25) is 0 Å². The molecule has 0 aliphatic rings. The van der Waals surface area contributed by atoms with E-state index in [1.165, 1.54) is 5.56 Å². The number of hydrogen-bond donors (Lipinski definition) is 1. The van der Waals surface area contributed by atoms with Gasteiger partial charge in [0.1, 0.15) is 0 Å². The molecule has 0 heterocycles. The molecule has 0 aliphatic heterocycles. The number of carbonyl (C=O) groups is 1. The number of carbonyl (C=O) groups excluding carboxylic acids is 1. The third-order valence-electron chi connectivity index (χ3n) is 3.18. The van der Waals surface area contributed by atoms with Crippen LogP contribution in [0.5, 0.6) is 0 Å². The van der Waals surface area contributed by atoms with Crippen LogP contribution in [0, 0.1) is 0 Å². The highest BCUT2D eigenvalue weighted by Crippen LogP contribution is 2.21. The zero-order valence-electron chi connectivity index (χ0n) is 10.5. The number of primary amides is 1. The fourth-order valence-corrected chi connectivity index (χ4v) is 2.17. The van der Waals surface area contributed by atoms with Crippen molar-refractivity contribution in [2.45, 2.75) is 19.3 Å². The van der Waals surface area contributed by atoms with Crippen LogP contribution in [0.3, 0.4) is 0 Å². The molecule has 18 heavy (non-hydrogen) atoms. The smallest absolute Gasteiger partial charge is 0.248 e. The van der Waals surface area contributed by atoms with E-state index in [9.17, 15) is 4.79 Å². The number of nitrogens with two attached hydrogens (primary N) is 1. The standard InChI is InChI=1S/C16H17NO/c1-12(13-7-3-2-4-8-13)11-14-9-5-6-10-15(14)16(17)18/h2-10,12H,11H2,1H3,(H2,17,18)/t12-/m0/s1. The average Bonchev–Trinajstić information content (AvgIpc) is 2.40. The molecule has 2 heteroatoms. The molecule has 0 saturated carbocycles. The monoisotopic (exact) mass is 239 g/mol. The molecule has 0 unspecified atom stereocenters. The molecule has 0 aliphatic carbocycles. The van der Waals surface area contributed by atoms with Crippen molar-refractivity contribution in [1.82, 2.24) is 0 Å². The summed E-state index contributed by atoms with van der Waals surface area (Å²) in [4.78, 5) is 11.4. The Bertz CT molecular complexity index is 534. The second kappa shape index (κ2) is 5.50. The summed E-state index contributed by atoms with van der Waals surface area (Å²) in [5.74, 6) is 0.0116. The first-order chi connectivity index (χ1) is 8.68. The molecule has 2 aromatic rings. The fourth-order valence-electron chi connectivity index (χ4n) is 2.17. The highest BCUT2D eigenvalue weighted by Gasteiger charge is 2.11. The Balaban J connectivity index is 2.22. The first kappa shape index (κ1) is 12.4. The summed E-state index contributed by atoms with van der Waals surface area (Å²) in [5.41, 5.74) is 8.31. The molecule has 0 saturated heterocycles. The van der Waals surface area contributed by atoms with Crippen LogP contribution < -0.4 is 5.73 Å². The van der Waals surface area contributed by atoms with Gasteiger partial charge in [0.25, 0.3) is 0 Å². The van der Waals surface area contributed by atoms with E-state index in [-0.39, 0.29) is 5.91 Å². The Labute approximate surface area is 107 Å². The molecule has 0 aromatic heterocycles. The quantitative estimate of drug-likeness (QED) is 0.875. The summed E-state index contributed by atoms with van der Waals surface area (Å²) in [6, 6.07) is 17.8. The number of hydrogen-bond acceptors (Lipinski definition) is 1. The van der Waals surface area contributed by atoms with Crippen LogP contribution in [0.4, 0.5) is 0 Å². The molecule has 0 radical (unpaired) electrons. The SMILES string of the molecule is C[C@@H](Cc1ccccc1C(N)=O)c1ccccc1. The maximum Gasteiger partial charge on any atom is 0.248 e. The van der Waals surface area contributed by atoms with E-state index in [0.717, 1.165) is 12.0 Å². The molecular formula is C16H17NO. The summed E-state index contributed by atoms with van der Waals surface area (Å²) in [6.45, 7) is 2.16. The largest absolute Gasteiger partial charge is 0.366 e. The van der Waals surface area contributed by atoms with Crippen molar-refractivity contribution >= 4 is 5.91 Å². The molecule has 2 aromatic carbocycles. The summed E-state index contributed by atoms with van der Waals surface area (Å²) in [7, 11) is 0. The van der Waals surface area contributed by atoms with Crippen LogP contribution in [-0.2, 0) is 6.42 Å². The maximum atomic E-state index is 11.4. The van der Waals surface area contributed by atoms with E-state index in [0.29, 0.717) is 11.5 Å². The Morgan fingerprint density at radius 2 is 1.67 bits per heavy atom. The second-order valence-corrected chi connectivity index (χ2v) is 4.54. The average molecular weight is 239 g/mol. The van der Waals surface area contributed by atoms with Crippen LogP contribution in [-0.4, -0.2) is 5.91 Å². The molecule has 2 nitrogen and oxygen atoms in total. The Hall–Kier alpha value is -2.09. The molecule has 0 fully saturated rings. The van der Waals surface area contributed by atoms with Crippen molar-refractivity contribution < 1.29 is 4.79 Å². The van der Waals surface area contributed by atoms with E-state index in [1.54, 1.807) is 6.07 Å². The van der Waals surface area contributed by atoms with E-state index < -0.39 is 0 Å². The van der Waals surface area contributed by atoms with E-state index in [1.807, 2.05) is 36.4 Å². The highest BCUT2D eigenvalue weighted by molar-refractivity contribution is 5.94. The molecule has 1 amide bonds. The Morgan fingerprint density at radius 1 is 1.06 bits per heavy atom. The lowest BCUT2D eigenvalue weighted by Gasteiger charge is -2.13. The predicted molar refractivity (Wildman–Crippen MR) is 73.5 cm³/mol. The van der Waals surface area contributed by atoms with Gasteiger partial charge in [-0.25, -0.2) is 0 Å². The second-order valence-electron chi connectivity index (χ2n) is 4.54. The minimum absolute atomic E-state index is 0.356. The van der Waals surface area contributed by atoms with Gasteiger partial charge >= 0.3 is 0 Å². The minimum Gasteiger partial charge on any atom is -0.366 e. The van der Waals surface area contributed by atoms with E-state index >= 15 is 0 Å². The van der Waals surface area contributed by atoms with Crippen LogP contribution in [0.1, 0.15) is 34.3 Å². The van der Waals surface area contributed by atoms with Crippen LogP contribution in [0.15, 0.2) is 54.6 Å². The zero-order chi connectivity index (χ0) is 13.0. The summed E-state index contributed by atoms with van der Waals surface area (Å²) in [6.07, 6.45) is 0.823. The Kier molecular flexibility index (Phi) is 3.78. The van der Waals surface area contributed by atoms with Gasteiger partial charge in [0.2, 0.25) is 5.91 Å². The summed E-state index contributed by atoms with van der Waals surface area (Å²) >= 11 is 0. The van der Waals surface area contributed by atoms with Gasteiger partial charge in [-0.15, -0.1) is 0 Å². The van der Waals surface area contributed by atoms with Crippen LogP contribution >= 0.6 is 0 Å². The lowest BCUT2D eigenvalue weighted by atomic mass is 9.91. The van der Waals surface area contributed by atoms with Gasteiger partial charge in [-0.1, -0.05) is 55.5 Å².